The maximum Gasteiger partial charge on any atom is 0.321 e. The second kappa shape index (κ2) is 69.1. The van der Waals surface area contributed by atoms with Crippen LogP contribution >= 0.6 is 24.4 Å². The van der Waals surface area contributed by atoms with Gasteiger partial charge in [0.2, 0.25) is 0 Å². The molecule has 0 bridgehead atoms. The molecule has 0 aliphatic heterocycles. The molecule has 0 aliphatic rings. The van der Waals surface area contributed by atoms with Crippen LogP contribution < -0.4 is 68.8 Å². The topological polar surface area (TPSA) is 826 Å². The van der Waals surface area contributed by atoms with Crippen LogP contribution in [0.3, 0.4) is 0 Å². The van der Waals surface area contributed by atoms with Crippen LogP contribution in [0.5, 0.6) is 0 Å². The number of aliphatic carboxylic acids is 13. The zero-order chi connectivity index (χ0) is 78.3. The Morgan fingerprint density at radius 3 is 1.13 bits per heavy atom. The van der Waals surface area contributed by atoms with Gasteiger partial charge in [-0.1, -0.05) is 70.9 Å². The highest BCUT2D eigenvalue weighted by Crippen LogP contribution is 2.05. The second-order valence-corrected chi connectivity index (χ2v) is 21.2. The van der Waals surface area contributed by atoms with Crippen LogP contribution in [0.25, 0.3) is 0 Å². The van der Waals surface area contributed by atoms with E-state index in [1.165, 1.54) is 13.3 Å². The molecule has 38 N–H and O–H groups in total. The van der Waals surface area contributed by atoms with Gasteiger partial charge in [0.25, 0.3) is 0 Å². The van der Waals surface area contributed by atoms with Gasteiger partial charge < -0.3 is 140 Å². The van der Waals surface area contributed by atoms with Crippen molar-refractivity contribution in [3.8, 4) is 0 Å². The lowest BCUT2D eigenvalue weighted by Crippen LogP contribution is -2.36. The highest BCUT2D eigenvalue weighted by Gasteiger charge is 2.19. The Morgan fingerprint density at radius 1 is 0.495 bits per heavy atom. The summed E-state index contributed by atoms with van der Waals surface area (Å²) in [5.74, 6) is -11.8. The lowest BCUT2D eigenvalue weighted by Gasteiger charge is -2.11. The number of carbonyl (C=O) groups is 13. The zero-order valence-electron chi connectivity index (χ0n) is 54.9. The summed E-state index contributed by atoms with van der Waals surface area (Å²) in [6.07, 6.45) is 9.01. The summed E-state index contributed by atoms with van der Waals surface area (Å²) in [6, 6.07) is 0.997. The van der Waals surface area contributed by atoms with E-state index in [2.05, 4.69) is 28.3 Å². The Morgan fingerprint density at radius 2 is 0.887 bits per heavy atom. The van der Waals surface area contributed by atoms with Crippen molar-refractivity contribution in [1.29, 1.82) is 0 Å². The number of hydrogen-bond donors (Lipinski definition) is 27. The molecule has 0 amide bonds. The quantitative estimate of drug-likeness (QED) is 0.0249. The van der Waals surface area contributed by atoms with Gasteiger partial charge in [0, 0.05) is 24.8 Å². The van der Waals surface area contributed by atoms with Gasteiger partial charge in [-0.2, -0.15) is 24.4 Å². The standard InChI is InChI=1S/C9H11NO2.C6H9N3O2.C6H14N2O2.2C6H13NO2.C5H9NO4.C5H11NO2S.C4H7NO4.C3H7NO2S.C3H7NO2.C2H5NO2/c10-8(9(11)12)6-7-4-2-1-3-5-7;7-5(6(10)11)1-4-2-8-3-9-4;7-4-2-1-3-5(8)6(9)10;1-4(2)3-5(7)6(8)9;1-3-4(2)5(7)6(8)9;6-3(5(9)10)1-2-4(7)8;1-9-3-2-4(6)5(7)8;5-2(4(8)9)1-3(6)7;4-2(1-7)3(5)6;1-2(4)3(5)6;3-1-2(4)5/h1-5,8H,6,10H2,(H,11,12);2-3,5H,1,7H2,(H,8,9)(H,10,11);5H,1-4,7-8H2,(H,9,10);2*4-5H,3,7H2,1-2H3,(H,8,9);3H,1-2,6H2,(H,7,8)(H,9,10);4H,2-3,6H2,1H3,(H,7,8);2H,1,5H2,(H,6,7)(H,8,9);2,7H,1,4H2,(H,5,6);2H,4H2,1H3,(H,5,6);1,3H2,(H,4,5)/t8-;3*5-;4-,5-;3-;4-;3*2-;/m0000000000./s1. The third kappa shape index (κ3) is 85.7. The van der Waals surface area contributed by atoms with E-state index in [1.54, 1.807) is 18.0 Å². The molecule has 2 rings (SSSR count). The third-order valence-corrected chi connectivity index (χ3v) is 11.6. The van der Waals surface area contributed by atoms with Crippen LogP contribution in [0.15, 0.2) is 42.9 Å². The number of thiol groups is 1. The molecule has 1 heterocycles. The Hall–Kier alpha value is -8.24. The molecular weight excluding hydrogens is 1340 g/mol. The predicted octanol–water partition coefficient (Wildman–Crippen LogP) is -3.52. The van der Waals surface area contributed by atoms with E-state index in [4.69, 9.17) is 129 Å². The number of carboxylic acid groups (broad SMARTS) is 13. The van der Waals surface area contributed by atoms with Crippen LogP contribution in [0.4, 0.5) is 0 Å². The fourth-order valence-electron chi connectivity index (χ4n) is 4.53. The van der Waals surface area contributed by atoms with Crippen LogP contribution in [-0.2, 0) is 75.2 Å². The molecular formula is C55H106N14O26S2. The molecule has 564 valence electrons. The minimum absolute atomic E-state index is 0.0231. The number of imidazole rings is 1. The average Bonchev–Trinajstić information content (AvgIpc) is 2.45. The molecule has 42 heteroatoms. The number of aromatic nitrogens is 2. The van der Waals surface area contributed by atoms with Gasteiger partial charge in [-0.25, -0.2) is 4.98 Å². The van der Waals surface area contributed by atoms with Gasteiger partial charge in [-0.05, 0) is 81.4 Å². The van der Waals surface area contributed by atoms with Crippen molar-refractivity contribution in [2.45, 2.75) is 166 Å². The van der Waals surface area contributed by atoms with Crippen molar-refractivity contribution in [1.82, 2.24) is 9.97 Å². The number of nitrogens with one attached hydrogen (secondary N) is 1. The fourth-order valence-corrected chi connectivity index (χ4v) is 5.18. The number of hydrogen-bond acceptors (Lipinski definition) is 28. The second-order valence-electron chi connectivity index (χ2n) is 19.9. The van der Waals surface area contributed by atoms with Crippen LogP contribution in [0.1, 0.15) is 104 Å². The predicted molar refractivity (Wildman–Crippen MR) is 359 cm³/mol. The van der Waals surface area contributed by atoms with Gasteiger partial charge in [-0.15, -0.1) is 0 Å². The first-order valence-corrected chi connectivity index (χ1v) is 30.6. The minimum atomic E-state index is -1.29. The highest BCUT2D eigenvalue weighted by atomic mass is 32.2. The molecule has 2 aromatic rings. The SMILES string of the molecule is CC(C)C[C@H](N)C(=O)O.CC[C@H](C)[C@H](N)C(=O)O.CSCC[C@H](N)C(=O)O.C[C@H](N)C(=O)O.NCC(=O)O.NCCCC[C@H](N)C(=O)O.N[C@@H](CC(=O)O)C(=O)O.N[C@@H](CCC(=O)O)C(=O)O.N[C@@H](CS)C(=O)O.N[C@@H](Cc1c[nH]cn1)C(=O)O.N[C@@H](Cc1ccccc1)C(=O)O. The van der Waals surface area contributed by atoms with Crippen LogP contribution in [-0.4, -0.2) is 245 Å². The molecule has 0 radical (unpaired) electrons. The lowest BCUT2D eigenvalue weighted by molar-refractivity contribution is -0.144. The molecule has 40 nitrogen and oxygen atoms in total. The zero-order valence-corrected chi connectivity index (χ0v) is 56.6. The molecule has 0 spiro atoms. The number of nitrogens with two attached hydrogens (primary N) is 12. The Labute approximate surface area is 570 Å². The molecule has 0 aliphatic carbocycles. The first-order valence-electron chi connectivity index (χ1n) is 28.6. The molecule has 1 aromatic heterocycles. The van der Waals surface area contributed by atoms with E-state index in [1.807, 2.05) is 64.3 Å². The lowest BCUT2D eigenvalue weighted by atomic mass is 10.0. The summed E-state index contributed by atoms with van der Waals surface area (Å²) in [6.45, 7) is 9.40. The van der Waals surface area contributed by atoms with Crippen molar-refractivity contribution >= 4 is 102 Å². The monoisotopic (exact) mass is 1440 g/mol. The van der Waals surface area contributed by atoms with E-state index in [0.717, 1.165) is 30.6 Å². The van der Waals surface area contributed by atoms with E-state index in [0.29, 0.717) is 43.8 Å². The first-order chi connectivity index (χ1) is 44.6. The number of aromatic amines is 1. The number of benzene rings is 1. The summed E-state index contributed by atoms with van der Waals surface area (Å²) in [5, 5.41) is 106. The Balaban J connectivity index is -0.000000126. The van der Waals surface area contributed by atoms with E-state index >= 15 is 0 Å². The average molecular weight is 1440 g/mol. The first kappa shape index (κ1) is 107. The van der Waals surface area contributed by atoms with Gasteiger partial charge >= 0.3 is 77.6 Å². The van der Waals surface area contributed by atoms with Crippen molar-refractivity contribution in [3.05, 3.63) is 54.1 Å². The highest BCUT2D eigenvalue weighted by molar-refractivity contribution is 7.98. The number of nitrogens with zero attached hydrogens (tertiary/aromatic N) is 1. The molecule has 0 unspecified atom stereocenters. The van der Waals surface area contributed by atoms with Gasteiger partial charge in [0.05, 0.1) is 25.0 Å². The smallest absolute Gasteiger partial charge is 0.321 e. The summed E-state index contributed by atoms with van der Waals surface area (Å²) in [5.41, 5.74) is 62.5. The van der Waals surface area contributed by atoms with Crippen molar-refractivity contribution in [2.75, 3.05) is 30.9 Å². The van der Waals surface area contributed by atoms with Crippen LogP contribution in [0, 0.1) is 11.8 Å². The summed E-state index contributed by atoms with van der Waals surface area (Å²) in [7, 11) is 0. The maximum atomic E-state index is 10.4. The third-order valence-electron chi connectivity index (χ3n) is 10.5. The van der Waals surface area contributed by atoms with Gasteiger partial charge in [-0.3, -0.25) is 62.3 Å². The van der Waals surface area contributed by atoms with Crippen LogP contribution in [0.2, 0.25) is 0 Å². The summed E-state index contributed by atoms with van der Waals surface area (Å²) in [4.78, 5) is 136. The number of H-pyrrole nitrogens is 1. The fraction of sp³-hybridized carbons (Fsp3) is 0.600. The number of rotatable bonds is 32. The van der Waals surface area contributed by atoms with Gasteiger partial charge in [0.1, 0.15) is 60.4 Å². The van der Waals surface area contributed by atoms with Gasteiger partial charge in [0.15, 0.2) is 0 Å². The molecule has 11 atom stereocenters. The largest absolute Gasteiger partial charge is 0.481 e. The molecule has 97 heavy (non-hydrogen) atoms. The number of thioether (sulfide) groups is 1. The maximum absolute atomic E-state index is 10.4. The van der Waals surface area contributed by atoms with Crippen molar-refractivity contribution in [2.24, 2.45) is 80.6 Å². The minimum Gasteiger partial charge on any atom is -0.481 e. The normalized spacial score (nSPS) is 13.0. The Kier molecular flexibility index (Phi) is 76.6. The molecule has 0 fully saturated rings. The van der Waals surface area contributed by atoms with E-state index < -0.39 is 144 Å². The number of carboxylic acids is 13. The van der Waals surface area contributed by atoms with E-state index in [-0.39, 0.29) is 37.5 Å². The molecule has 1 aromatic carbocycles. The molecule has 0 saturated carbocycles. The summed E-state index contributed by atoms with van der Waals surface area (Å²) < 4.78 is 0. The van der Waals surface area contributed by atoms with Crippen molar-refractivity contribution in [3.63, 3.8) is 0 Å². The Bertz CT molecular complexity index is 2460. The summed E-state index contributed by atoms with van der Waals surface area (Å²) >= 11 is 5.25. The van der Waals surface area contributed by atoms with E-state index in [9.17, 15) is 62.3 Å². The van der Waals surface area contributed by atoms with Crippen molar-refractivity contribution < 1.29 is 129 Å². The molecule has 0 saturated heterocycles. The number of unbranched alkanes of at least 4 members (excludes halogenated alkanes) is 1.